The van der Waals surface area contributed by atoms with Crippen molar-refractivity contribution >= 4 is 5.91 Å². The van der Waals surface area contributed by atoms with E-state index in [4.69, 9.17) is 5.73 Å². The Balaban J connectivity index is 3.38. The van der Waals surface area contributed by atoms with Gasteiger partial charge in [-0.1, -0.05) is 0 Å². The predicted octanol–water partition coefficient (Wildman–Crippen LogP) is 1.53. The van der Waals surface area contributed by atoms with Crippen LogP contribution in [-0.4, -0.2) is 5.91 Å². The summed E-state index contributed by atoms with van der Waals surface area (Å²) in [6, 6.07) is 0.704. The average molecular weight is 174 g/mol. The molecule has 1 aromatic rings. The molecule has 0 atom stereocenters. The zero-order chi connectivity index (χ0) is 9.30. The normalized spacial score (nSPS) is 9.92. The lowest BCUT2D eigenvalue weighted by atomic mass is 10.2. The molecule has 0 bridgehead atoms. The van der Waals surface area contributed by atoms with Crippen molar-refractivity contribution in [3.63, 3.8) is 0 Å². The molecule has 63 valence electrons. The van der Waals surface area contributed by atoms with Gasteiger partial charge in [0, 0.05) is 12.1 Å². The van der Waals surface area contributed by atoms with Gasteiger partial charge in [-0.3, -0.25) is 10.5 Å². The number of hydrogen-bond donors (Lipinski definition) is 0. The molecule has 0 aliphatic heterocycles. The smallest absolute Gasteiger partial charge is 0.267 e. The Kier molecular flexibility index (Phi) is 2.03. The van der Waals surface area contributed by atoms with E-state index in [1.165, 1.54) is 0 Å². The van der Waals surface area contributed by atoms with E-state index in [9.17, 15) is 18.0 Å². The van der Waals surface area contributed by atoms with Crippen LogP contribution >= 0.6 is 0 Å². The van der Waals surface area contributed by atoms with E-state index in [0.717, 1.165) is 0 Å². The summed E-state index contributed by atoms with van der Waals surface area (Å²) in [5, 5.41) is 0. The van der Waals surface area contributed by atoms with Crippen molar-refractivity contribution in [2.24, 2.45) is 0 Å². The maximum atomic E-state index is 12.5. The highest BCUT2D eigenvalue weighted by molar-refractivity contribution is 5.92. The second kappa shape index (κ2) is 2.84. The molecule has 0 aliphatic rings. The molecule has 0 aliphatic carbocycles. The SMILES string of the molecule is [NH]C(=O)c1c(F)cc(F)cc1F. The Hall–Kier alpha value is -1.52. The third kappa shape index (κ3) is 1.39. The van der Waals surface area contributed by atoms with Gasteiger partial charge < -0.3 is 0 Å². The van der Waals surface area contributed by atoms with Crippen molar-refractivity contribution < 1.29 is 18.0 Å². The van der Waals surface area contributed by atoms with Crippen LogP contribution in [0.25, 0.3) is 0 Å². The number of halogens is 3. The first-order chi connectivity index (χ1) is 5.52. The molecule has 1 amide bonds. The Morgan fingerprint density at radius 3 is 1.92 bits per heavy atom. The van der Waals surface area contributed by atoms with Gasteiger partial charge in [0.2, 0.25) is 0 Å². The van der Waals surface area contributed by atoms with Gasteiger partial charge in [0.05, 0.1) is 0 Å². The van der Waals surface area contributed by atoms with E-state index in [2.05, 4.69) is 0 Å². The first-order valence-corrected chi connectivity index (χ1v) is 2.93. The molecular formula is C7H3F3NO. The van der Waals surface area contributed by atoms with E-state index in [0.29, 0.717) is 12.1 Å². The molecule has 12 heavy (non-hydrogen) atoms. The van der Waals surface area contributed by atoms with Crippen molar-refractivity contribution in [2.75, 3.05) is 0 Å². The second-order valence-corrected chi connectivity index (χ2v) is 2.07. The summed E-state index contributed by atoms with van der Waals surface area (Å²) in [6.45, 7) is 0. The van der Waals surface area contributed by atoms with Gasteiger partial charge in [-0.2, -0.15) is 0 Å². The third-order valence-corrected chi connectivity index (χ3v) is 1.23. The molecule has 0 unspecified atom stereocenters. The summed E-state index contributed by atoms with van der Waals surface area (Å²) in [5.41, 5.74) is 5.40. The lowest BCUT2D eigenvalue weighted by Gasteiger charge is -1.98. The van der Waals surface area contributed by atoms with E-state index in [1.54, 1.807) is 0 Å². The van der Waals surface area contributed by atoms with E-state index < -0.39 is 28.9 Å². The van der Waals surface area contributed by atoms with E-state index >= 15 is 0 Å². The van der Waals surface area contributed by atoms with Crippen molar-refractivity contribution in [1.29, 1.82) is 0 Å². The summed E-state index contributed by atoms with van der Waals surface area (Å²) in [5.74, 6) is -5.33. The minimum atomic E-state index is -1.51. The fourth-order valence-electron chi connectivity index (χ4n) is 0.759. The van der Waals surface area contributed by atoms with Gasteiger partial charge in [-0.05, 0) is 0 Å². The largest absolute Gasteiger partial charge is 0.275 e. The molecule has 1 radical (unpaired) electrons. The molecule has 0 spiro atoms. The predicted molar refractivity (Wildman–Crippen MR) is 33.7 cm³/mol. The van der Waals surface area contributed by atoms with Crippen LogP contribution < -0.4 is 5.73 Å². The summed E-state index contributed by atoms with van der Waals surface area (Å²) < 4.78 is 37.3. The molecule has 2 nitrogen and oxygen atoms in total. The molecule has 5 heteroatoms. The number of hydrogen-bond acceptors (Lipinski definition) is 1. The number of rotatable bonds is 1. The monoisotopic (exact) mass is 174 g/mol. The number of carbonyl (C=O) groups is 1. The number of amides is 1. The number of nitrogens with one attached hydrogen (secondary N) is 1. The third-order valence-electron chi connectivity index (χ3n) is 1.23. The van der Waals surface area contributed by atoms with Gasteiger partial charge in [-0.25, -0.2) is 13.2 Å². The zero-order valence-electron chi connectivity index (χ0n) is 5.70. The van der Waals surface area contributed by atoms with Crippen molar-refractivity contribution in [3.05, 3.63) is 35.1 Å². The van der Waals surface area contributed by atoms with Crippen molar-refractivity contribution in [3.8, 4) is 0 Å². The second-order valence-electron chi connectivity index (χ2n) is 2.07. The van der Waals surface area contributed by atoms with Crippen LogP contribution in [0.15, 0.2) is 12.1 Å². The summed E-state index contributed by atoms with van der Waals surface area (Å²) in [6.07, 6.45) is 0. The maximum Gasteiger partial charge on any atom is 0.275 e. The molecule has 1 rings (SSSR count). The zero-order valence-corrected chi connectivity index (χ0v) is 5.70. The average Bonchev–Trinajstić information content (AvgIpc) is 1.82. The van der Waals surface area contributed by atoms with Crippen molar-refractivity contribution in [2.45, 2.75) is 0 Å². The van der Waals surface area contributed by atoms with Gasteiger partial charge in [0.25, 0.3) is 5.91 Å². The lowest BCUT2D eigenvalue weighted by molar-refractivity contribution is 0.0984. The summed E-state index contributed by atoms with van der Waals surface area (Å²) >= 11 is 0. The number of carbonyl (C=O) groups excluding carboxylic acids is 1. The molecule has 0 saturated heterocycles. The van der Waals surface area contributed by atoms with E-state index in [1.807, 2.05) is 0 Å². The molecule has 1 N–H and O–H groups in total. The molecule has 1 aromatic carbocycles. The Bertz CT molecular complexity index is 314. The van der Waals surface area contributed by atoms with Crippen LogP contribution in [0, 0.1) is 17.5 Å². The van der Waals surface area contributed by atoms with Crippen LogP contribution in [0.3, 0.4) is 0 Å². The maximum absolute atomic E-state index is 12.5. The van der Waals surface area contributed by atoms with E-state index in [-0.39, 0.29) is 0 Å². The number of benzene rings is 1. The molecule has 0 heterocycles. The Morgan fingerprint density at radius 1 is 1.17 bits per heavy atom. The minimum absolute atomic E-state index is 0.352. The van der Waals surface area contributed by atoms with Crippen LogP contribution in [-0.2, 0) is 0 Å². The topological polar surface area (TPSA) is 40.9 Å². The van der Waals surface area contributed by atoms with Crippen LogP contribution in [0.1, 0.15) is 10.4 Å². The lowest BCUT2D eigenvalue weighted by Crippen LogP contribution is -2.06. The Morgan fingerprint density at radius 2 is 1.58 bits per heavy atom. The molecule has 0 saturated carbocycles. The summed E-state index contributed by atoms with van der Waals surface area (Å²) in [7, 11) is 0. The highest BCUT2D eigenvalue weighted by Crippen LogP contribution is 2.13. The van der Waals surface area contributed by atoms with Crippen LogP contribution in [0.5, 0.6) is 0 Å². The van der Waals surface area contributed by atoms with Gasteiger partial charge >= 0.3 is 0 Å². The quantitative estimate of drug-likeness (QED) is 0.636. The fourth-order valence-corrected chi connectivity index (χ4v) is 0.759. The summed E-state index contributed by atoms with van der Waals surface area (Å²) in [4.78, 5) is 10.3. The highest BCUT2D eigenvalue weighted by Gasteiger charge is 2.16. The molecule has 0 fully saturated rings. The van der Waals surface area contributed by atoms with Gasteiger partial charge in [-0.15, -0.1) is 0 Å². The first kappa shape index (κ1) is 8.58. The first-order valence-electron chi connectivity index (χ1n) is 2.93. The van der Waals surface area contributed by atoms with Crippen LogP contribution in [0.4, 0.5) is 13.2 Å². The molecule has 0 aromatic heterocycles. The Labute approximate surface area is 65.8 Å². The van der Waals surface area contributed by atoms with Crippen molar-refractivity contribution in [1.82, 2.24) is 5.73 Å². The molecular weight excluding hydrogens is 171 g/mol. The van der Waals surface area contributed by atoms with Gasteiger partial charge in [0.15, 0.2) is 0 Å². The fraction of sp³-hybridized carbons (Fsp3) is 0. The minimum Gasteiger partial charge on any atom is -0.267 e. The highest BCUT2D eigenvalue weighted by atomic mass is 19.1. The van der Waals surface area contributed by atoms with Gasteiger partial charge in [0.1, 0.15) is 23.0 Å². The standard InChI is InChI=1S/C7H3F3NO/c8-3-1-4(9)6(7(11)12)5(10)2-3/h1-2,11H. The van der Waals surface area contributed by atoms with Crippen LogP contribution in [0.2, 0.25) is 0 Å².